The van der Waals surface area contributed by atoms with Gasteiger partial charge in [0.15, 0.2) is 0 Å². The highest BCUT2D eigenvalue weighted by molar-refractivity contribution is 7.92. The number of amides is 2. The number of sulfone groups is 1. The van der Waals surface area contributed by atoms with E-state index in [4.69, 9.17) is 5.11 Å². The Labute approximate surface area is 159 Å². The van der Waals surface area contributed by atoms with Crippen molar-refractivity contribution < 1.29 is 41.1 Å². The number of carboxylic acid groups (broad SMARTS) is 1. The van der Waals surface area contributed by atoms with Crippen LogP contribution in [0.4, 0.5) is 13.2 Å². The molecule has 2 N–H and O–H groups in total. The van der Waals surface area contributed by atoms with Gasteiger partial charge in [-0.25, -0.2) is 8.42 Å². The van der Waals surface area contributed by atoms with E-state index in [2.05, 4.69) is 5.32 Å². The number of nitrogens with zero attached hydrogens (tertiary/aromatic N) is 1. The average Bonchev–Trinajstić information content (AvgIpc) is 2.58. The van der Waals surface area contributed by atoms with Crippen molar-refractivity contribution >= 4 is 27.6 Å². The number of nitrogens with one attached hydrogen (secondary N) is 1. The van der Waals surface area contributed by atoms with Crippen molar-refractivity contribution in [3.05, 3.63) is 29.8 Å². The van der Waals surface area contributed by atoms with E-state index in [9.17, 15) is 36.0 Å². The van der Waals surface area contributed by atoms with Crippen molar-refractivity contribution in [1.82, 2.24) is 10.2 Å². The molecule has 2 amide bonds. The van der Waals surface area contributed by atoms with E-state index in [1.165, 1.54) is 6.92 Å². The van der Waals surface area contributed by atoms with E-state index < -0.39 is 50.6 Å². The van der Waals surface area contributed by atoms with Crippen molar-refractivity contribution in [2.75, 3.05) is 13.1 Å². The van der Waals surface area contributed by atoms with Crippen molar-refractivity contribution in [1.29, 1.82) is 0 Å². The lowest BCUT2D eigenvalue weighted by Gasteiger charge is -2.30. The highest BCUT2D eigenvalue weighted by Crippen LogP contribution is 2.31. The van der Waals surface area contributed by atoms with Crippen LogP contribution >= 0.6 is 0 Å². The fraction of sp³-hybridized carbons (Fsp3) is 0.438. The van der Waals surface area contributed by atoms with Crippen LogP contribution in [0.25, 0.3) is 0 Å². The molecule has 0 saturated carbocycles. The zero-order chi connectivity index (χ0) is 21.7. The van der Waals surface area contributed by atoms with Gasteiger partial charge in [0.25, 0.3) is 9.84 Å². The monoisotopic (exact) mass is 424 g/mol. The molecule has 28 heavy (non-hydrogen) atoms. The highest BCUT2D eigenvalue weighted by Gasteiger charge is 2.46. The average molecular weight is 424 g/mol. The molecule has 0 aliphatic heterocycles. The number of carboxylic acids is 1. The van der Waals surface area contributed by atoms with Gasteiger partial charge in [0.2, 0.25) is 11.8 Å². The summed E-state index contributed by atoms with van der Waals surface area (Å²) in [5.74, 6) is -2.72. The molecule has 0 radical (unpaired) electrons. The standard InChI is InChI=1S/C16H19F3N2O6S/c1-3-8-21(10(2)22)14(15(25)20-9-13(23)24)11-4-6-12(7-5-11)28(26,27)16(17,18)19/h4-7,14H,3,8-9H2,1-2H3,(H,20,25)(H,23,24). The van der Waals surface area contributed by atoms with Crippen LogP contribution < -0.4 is 5.32 Å². The molecule has 0 aliphatic carbocycles. The van der Waals surface area contributed by atoms with Crippen LogP contribution in [0.1, 0.15) is 31.9 Å². The third kappa shape index (κ3) is 5.44. The van der Waals surface area contributed by atoms with E-state index in [0.717, 1.165) is 17.0 Å². The predicted molar refractivity (Wildman–Crippen MR) is 90.7 cm³/mol. The SMILES string of the molecule is CCCN(C(C)=O)C(C(=O)NCC(=O)O)c1ccc(S(=O)(=O)C(F)(F)F)cc1. The molecular weight excluding hydrogens is 405 g/mol. The number of hydrogen-bond donors (Lipinski definition) is 2. The number of halogens is 3. The van der Waals surface area contributed by atoms with E-state index >= 15 is 0 Å². The summed E-state index contributed by atoms with van der Waals surface area (Å²) in [7, 11) is -5.57. The van der Waals surface area contributed by atoms with E-state index in [0.29, 0.717) is 18.6 Å². The Balaban J connectivity index is 3.36. The van der Waals surface area contributed by atoms with Crippen LogP contribution in [0.5, 0.6) is 0 Å². The van der Waals surface area contributed by atoms with E-state index in [-0.39, 0.29) is 12.1 Å². The third-order valence-electron chi connectivity index (χ3n) is 3.65. The molecule has 0 heterocycles. The number of aliphatic carboxylic acids is 1. The quantitative estimate of drug-likeness (QED) is 0.652. The summed E-state index contributed by atoms with van der Waals surface area (Å²) in [6.45, 7) is 2.29. The van der Waals surface area contributed by atoms with Crippen LogP contribution in [0.15, 0.2) is 29.2 Å². The fourth-order valence-corrected chi connectivity index (χ4v) is 3.17. The largest absolute Gasteiger partial charge is 0.501 e. The second-order valence-corrected chi connectivity index (χ2v) is 7.69. The van der Waals surface area contributed by atoms with E-state index in [1.807, 2.05) is 0 Å². The predicted octanol–water partition coefficient (Wildman–Crippen LogP) is 1.48. The maximum absolute atomic E-state index is 12.7. The lowest BCUT2D eigenvalue weighted by atomic mass is 10.0. The first-order valence-corrected chi connectivity index (χ1v) is 9.49. The van der Waals surface area contributed by atoms with Crippen LogP contribution in [0, 0.1) is 0 Å². The molecule has 12 heteroatoms. The first-order valence-electron chi connectivity index (χ1n) is 8.01. The first-order chi connectivity index (χ1) is 12.8. The molecule has 8 nitrogen and oxygen atoms in total. The lowest BCUT2D eigenvalue weighted by Crippen LogP contribution is -2.44. The van der Waals surface area contributed by atoms with Crippen molar-refractivity contribution in [3.8, 4) is 0 Å². The van der Waals surface area contributed by atoms with Crippen molar-refractivity contribution in [2.24, 2.45) is 0 Å². The topological polar surface area (TPSA) is 121 Å². The highest BCUT2D eigenvalue weighted by atomic mass is 32.2. The summed E-state index contributed by atoms with van der Waals surface area (Å²) >= 11 is 0. The van der Waals surface area contributed by atoms with Crippen LogP contribution in [-0.2, 0) is 24.2 Å². The zero-order valence-electron chi connectivity index (χ0n) is 15.0. The third-order valence-corrected chi connectivity index (χ3v) is 5.16. The Morgan fingerprint density at radius 1 is 1.18 bits per heavy atom. The van der Waals surface area contributed by atoms with Crippen LogP contribution in [0.3, 0.4) is 0 Å². The number of benzene rings is 1. The maximum atomic E-state index is 12.7. The van der Waals surface area contributed by atoms with Gasteiger partial charge in [0.1, 0.15) is 12.6 Å². The molecule has 0 fully saturated rings. The lowest BCUT2D eigenvalue weighted by molar-refractivity contribution is -0.141. The van der Waals surface area contributed by atoms with Gasteiger partial charge in [-0.15, -0.1) is 0 Å². The fourth-order valence-electron chi connectivity index (χ4n) is 2.40. The van der Waals surface area contributed by atoms with Gasteiger partial charge in [-0.3, -0.25) is 14.4 Å². The van der Waals surface area contributed by atoms with Gasteiger partial charge in [0.05, 0.1) is 4.90 Å². The molecule has 0 spiro atoms. The molecule has 0 bridgehead atoms. The normalized spacial score (nSPS) is 12.9. The second-order valence-electron chi connectivity index (χ2n) is 5.74. The summed E-state index contributed by atoms with van der Waals surface area (Å²) in [5.41, 5.74) is -5.45. The van der Waals surface area contributed by atoms with E-state index in [1.54, 1.807) is 6.92 Å². The smallest absolute Gasteiger partial charge is 0.480 e. The van der Waals surface area contributed by atoms with Crippen molar-refractivity contribution in [3.63, 3.8) is 0 Å². The molecule has 0 aliphatic rings. The number of carbonyl (C=O) groups excluding carboxylic acids is 2. The summed E-state index contributed by atoms with van der Waals surface area (Å²) in [4.78, 5) is 35.2. The van der Waals surface area contributed by atoms with Gasteiger partial charge in [0, 0.05) is 13.5 Å². The molecule has 1 unspecified atom stereocenters. The minimum Gasteiger partial charge on any atom is -0.480 e. The summed E-state index contributed by atoms with van der Waals surface area (Å²) in [5, 5.41) is 10.8. The summed E-state index contributed by atoms with van der Waals surface area (Å²) < 4.78 is 60.9. The molecule has 1 atom stereocenters. The molecule has 156 valence electrons. The molecule has 1 aromatic rings. The zero-order valence-corrected chi connectivity index (χ0v) is 15.8. The van der Waals surface area contributed by atoms with Crippen LogP contribution in [0.2, 0.25) is 0 Å². The number of rotatable bonds is 8. The minimum atomic E-state index is -5.57. The number of alkyl halides is 3. The van der Waals surface area contributed by atoms with Gasteiger partial charge in [-0.1, -0.05) is 19.1 Å². The Bertz CT molecular complexity index is 837. The van der Waals surface area contributed by atoms with Gasteiger partial charge < -0.3 is 15.3 Å². The molecule has 0 saturated heterocycles. The van der Waals surface area contributed by atoms with Gasteiger partial charge in [-0.2, -0.15) is 13.2 Å². The first kappa shape index (κ1) is 23.4. The second kappa shape index (κ2) is 9.04. The molecule has 1 aromatic carbocycles. The minimum absolute atomic E-state index is 0.0349. The summed E-state index contributed by atoms with van der Waals surface area (Å²) in [6, 6.07) is 1.99. The maximum Gasteiger partial charge on any atom is 0.501 e. The Morgan fingerprint density at radius 2 is 1.71 bits per heavy atom. The molecule has 0 aromatic heterocycles. The van der Waals surface area contributed by atoms with Gasteiger partial charge in [-0.05, 0) is 24.1 Å². The Hall–Kier alpha value is -2.63. The summed E-state index contributed by atoms with van der Waals surface area (Å²) in [6.07, 6.45) is 0.447. The molecular formula is C16H19F3N2O6S. The Kier molecular flexibility index (Phi) is 7.56. The number of carbonyl (C=O) groups is 3. The Morgan fingerprint density at radius 3 is 2.11 bits per heavy atom. The van der Waals surface area contributed by atoms with Crippen molar-refractivity contribution in [2.45, 2.75) is 36.7 Å². The molecule has 1 rings (SSSR count). The van der Waals surface area contributed by atoms with Gasteiger partial charge >= 0.3 is 11.5 Å². The van der Waals surface area contributed by atoms with Crippen LogP contribution in [-0.4, -0.2) is 54.8 Å². The number of hydrogen-bond acceptors (Lipinski definition) is 5.